The minimum absolute atomic E-state index is 0.0755. The zero-order valence-electron chi connectivity index (χ0n) is 16.8. The lowest BCUT2D eigenvalue weighted by atomic mass is 10.1. The van der Waals surface area contributed by atoms with Gasteiger partial charge in [0.05, 0.1) is 11.4 Å². The number of amides is 1. The molecule has 0 unspecified atom stereocenters. The Balaban J connectivity index is 1.77. The van der Waals surface area contributed by atoms with E-state index in [0.717, 1.165) is 41.4 Å². The minimum atomic E-state index is -3.77. The van der Waals surface area contributed by atoms with Gasteiger partial charge >= 0.3 is 0 Å². The first-order valence-corrected chi connectivity index (χ1v) is 11.9. The predicted octanol–water partition coefficient (Wildman–Crippen LogP) is 4.34. The molecule has 0 saturated heterocycles. The first-order valence-electron chi connectivity index (χ1n) is 9.52. The monoisotopic (exact) mass is 431 g/mol. The summed E-state index contributed by atoms with van der Waals surface area (Å²) in [7, 11) is -3.77. The molecule has 29 heavy (non-hydrogen) atoms. The van der Waals surface area contributed by atoms with E-state index >= 15 is 0 Å². The highest BCUT2D eigenvalue weighted by Crippen LogP contribution is 2.34. The number of hydrogen-bond donors (Lipinski definition) is 1. The zero-order valence-corrected chi connectivity index (χ0v) is 18.4. The van der Waals surface area contributed by atoms with E-state index in [1.165, 1.54) is 0 Å². The van der Waals surface area contributed by atoms with Crippen LogP contribution < -0.4 is 10.2 Å². The van der Waals surface area contributed by atoms with Crippen LogP contribution in [0.25, 0.3) is 0 Å². The molecule has 1 amide bonds. The highest BCUT2D eigenvalue weighted by Gasteiger charge is 2.30. The molecule has 0 atom stereocenters. The molecule has 2 aromatic rings. The van der Waals surface area contributed by atoms with Crippen LogP contribution in [0.1, 0.15) is 30.9 Å². The lowest BCUT2D eigenvalue weighted by molar-refractivity contribution is -0.113. The lowest BCUT2D eigenvalue weighted by Gasteiger charge is -2.30. The quantitative estimate of drug-likeness (QED) is 0.736. The maximum absolute atomic E-state index is 12.6. The normalized spacial score (nSPS) is 14.9. The number of sulfonamides is 1. The second kappa shape index (κ2) is 9.00. The van der Waals surface area contributed by atoms with Crippen molar-refractivity contribution in [3.63, 3.8) is 0 Å². The second-order valence-electron chi connectivity index (χ2n) is 7.04. The van der Waals surface area contributed by atoms with Gasteiger partial charge in [-0.1, -0.05) is 43.3 Å². The van der Waals surface area contributed by atoms with Crippen molar-refractivity contribution < 1.29 is 13.2 Å². The average Bonchev–Trinajstić information content (AvgIpc) is 2.65. The Morgan fingerprint density at radius 1 is 1.14 bits per heavy atom. The number of anilines is 2. The molecule has 0 aromatic heterocycles. The topological polar surface area (TPSA) is 78.8 Å². The molecule has 3 rings (SSSR count). The Morgan fingerprint density at radius 2 is 1.83 bits per heavy atom. The second-order valence-corrected chi connectivity index (χ2v) is 9.55. The SMILES string of the molecule is CCCCN1C(SCC(=O)Nc2cc(C)cc(C)c2)=NS(=O)(=O)c2ccccc21. The smallest absolute Gasteiger partial charge is 0.286 e. The number of fused-ring (bicyclic) bond motifs is 1. The number of carbonyl (C=O) groups is 1. The number of amidine groups is 1. The van der Waals surface area contributed by atoms with Crippen molar-refractivity contribution in [2.75, 3.05) is 22.5 Å². The predicted molar refractivity (Wildman–Crippen MR) is 120 cm³/mol. The molecule has 1 N–H and O–H groups in total. The summed E-state index contributed by atoms with van der Waals surface area (Å²) in [6, 6.07) is 12.7. The van der Waals surface area contributed by atoms with Gasteiger partial charge in [0, 0.05) is 12.2 Å². The number of rotatable bonds is 6. The van der Waals surface area contributed by atoms with Gasteiger partial charge in [-0.15, -0.1) is 4.40 Å². The summed E-state index contributed by atoms with van der Waals surface area (Å²) in [4.78, 5) is 14.6. The number of aryl methyl sites for hydroxylation is 2. The first-order chi connectivity index (χ1) is 13.8. The van der Waals surface area contributed by atoms with Crippen LogP contribution in [0.15, 0.2) is 51.8 Å². The van der Waals surface area contributed by atoms with Gasteiger partial charge in [-0.25, -0.2) is 0 Å². The lowest BCUT2D eigenvalue weighted by Crippen LogP contribution is -2.35. The molecule has 0 fully saturated rings. The van der Waals surface area contributed by atoms with Crippen molar-refractivity contribution in [3.8, 4) is 0 Å². The summed E-state index contributed by atoms with van der Waals surface area (Å²) in [6.45, 7) is 6.67. The Bertz CT molecular complexity index is 1030. The van der Waals surface area contributed by atoms with Crippen molar-refractivity contribution >= 4 is 44.2 Å². The molecule has 0 saturated carbocycles. The summed E-state index contributed by atoms with van der Waals surface area (Å²) >= 11 is 1.14. The Morgan fingerprint density at radius 3 is 2.52 bits per heavy atom. The van der Waals surface area contributed by atoms with Gasteiger partial charge < -0.3 is 10.2 Å². The Kier molecular flexibility index (Phi) is 6.64. The number of hydrogen-bond acceptors (Lipinski definition) is 5. The van der Waals surface area contributed by atoms with Crippen molar-refractivity contribution in [1.82, 2.24) is 0 Å². The summed E-state index contributed by atoms with van der Waals surface area (Å²) in [5, 5.41) is 3.22. The van der Waals surface area contributed by atoms with E-state index in [9.17, 15) is 13.2 Å². The highest BCUT2D eigenvalue weighted by molar-refractivity contribution is 8.15. The van der Waals surface area contributed by atoms with Gasteiger partial charge in [0.2, 0.25) is 5.91 Å². The molecular formula is C21H25N3O3S2. The maximum Gasteiger partial charge on any atom is 0.286 e. The van der Waals surface area contributed by atoms with Crippen LogP contribution in [0, 0.1) is 13.8 Å². The third-order valence-electron chi connectivity index (χ3n) is 4.44. The minimum Gasteiger partial charge on any atom is -0.325 e. The maximum atomic E-state index is 12.6. The molecule has 6 nitrogen and oxygen atoms in total. The van der Waals surface area contributed by atoms with Crippen LogP contribution in [0.2, 0.25) is 0 Å². The number of para-hydroxylation sites is 1. The molecule has 154 valence electrons. The molecule has 0 spiro atoms. The van der Waals surface area contributed by atoms with Crippen molar-refractivity contribution in [3.05, 3.63) is 53.6 Å². The van der Waals surface area contributed by atoms with E-state index in [2.05, 4.69) is 16.6 Å². The highest BCUT2D eigenvalue weighted by atomic mass is 32.2. The number of thioether (sulfide) groups is 1. The molecule has 1 heterocycles. The number of carbonyl (C=O) groups excluding carboxylic acids is 1. The van der Waals surface area contributed by atoms with E-state index < -0.39 is 10.0 Å². The Hall–Kier alpha value is -2.32. The third-order valence-corrected chi connectivity index (χ3v) is 6.84. The molecule has 1 aliphatic heterocycles. The largest absolute Gasteiger partial charge is 0.325 e. The van der Waals surface area contributed by atoms with Gasteiger partial charge in [0.25, 0.3) is 10.0 Å². The molecule has 0 radical (unpaired) electrons. The van der Waals surface area contributed by atoms with Crippen molar-refractivity contribution in [1.29, 1.82) is 0 Å². The van der Waals surface area contributed by atoms with Crippen molar-refractivity contribution in [2.45, 2.75) is 38.5 Å². The fraction of sp³-hybridized carbons (Fsp3) is 0.333. The van der Waals surface area contributed by atoms with Gasteiger partial charge in [-0.2, -0.15) is 8.42 Å². The molecule has 0 bridgehead atoms. The number of benzene rings is 2. The van der Waals surface area contributed by atoms with Gasteiger partial charge in [0.15, 0.2) is 5.17 Å². The zero-order chi connectivity index (χ0) is 21.0. The Labute approximate surface area is 176 Å². The standard InChI is InChI=1S/C21H25N3O3S2/c1-4-5-10-24-18-8-6-7-9-19(18)29(26,27)23-21(24)28-14-20(25)22-17-12-15(2)11-16(3)13-17/h6-9,11-13H,4-5,10,14H2,1-3H3,(H,22,25). The number of unbranched alkanes of at least 4 members (excludes halogenated alkanes) is 1. The van der Waals surface area contributed by atoms with E-state index in [0.29, 0.717) is 17.4 Å². The van der Waals surface area contributed by atoms with Crippen LogP contribution in [-0.2, 0) is 14.8 Å². The fourth-order valence-corrected chi connectivity index (χ4v) is 5.49. The van der Waals surface area contributed by atoms with Crippen LogP contribution >= 0.6 is 11.8 Å². The van der Waals surface area contributed by atoms with E-state index in [4.69, 9.17) is 0 Å². The fourth-order valence-electron chi connectivity index (χ4n) is 3.21. The van der Waals surface area contributed by atoms with Crippen molar-refractivity contribution in [2.24, 2.45) is 4.40 Å². The summed E-state index contributed by atoms with van der Waals surface area (Å²) in [5.41, 5.74) is 3.49. The molecule has 8 heteroatoms. The molecule has 0 aliphatic carbocycles. The third kappa shape index (κ3) is 5.19. The van der Waals surface area contributed by atoms with Gasteiger partial charge in [-0.05, 0) is 55.7 Å². The molecule has 1 aliphatic rings. The van der Waals surface area contributed by atoms with E-state index in [1.54, 1.807) is 18.2 Å². The van der Waals surface area contributed by atoms with Crippen LogP contribution in [0.5, 0.6) is 0 Å². The molecular weight excluding hydrogens is 406 g/mol. The number of nitrogens with zero attached hydrogens (tertiary/aromatic N) is 2. The molecule has 2 aromatic carbocycles. The first kappa shape index (κ1) is 21.4. The summed E-state index contributed by atoms with van der Waals surface area (Å²) in [6.07, 6.45) is 1.86. The van der Waals surface area contributed by atoms with E-state index in [1.807, 2.05) is 43.0 Å². The van der Waals surface area contributed by atoms with E-state index in [-0.39, 0.29) is 16.6 Å². The number of nitrogens with one attached hydrogen (secondary N) is 1. The van der Waals surface area contributed by atoms with Gasteiger partial charge in [0.1, 0.15) is 4.90 Å². The van der Waals surface area contributed by atoms with Crippen LogP contribution in [0.3, 0.4) is 0 Å². The van der Waals surface area contributed by atoms with Gasteiger partial charge in [-0.3, -0.25) is 4.79 Å². The van der Waals surface area contributed by atoms with Crippen LogP contribution in [0.4, 0.5) is 11.4 Å². The summed E-state index contributed by atoms with van der Waals surface area (Å²) in [5.74, 6) is -0.124. The van der Waals surface area contributed by atoms with Crippen LogP contribution in [-0.4, -0.2) is 31.8 Å². The summed E-state index contributed by atoms with van der Waals surface area (Å²) < 4.78 is 29.2. The average molecular weight is 432 g/mol.